The standard InChI is InChI=1S/C14H24N2O3S2/c1-11(2)15-8-13-7-14(20-10-13)21(17,18)16-5-4-6-19-12(3)9-16/h7,10-12,15H,4-6,8-9H2,1-3H3. The fraction of sp³-hybridized carbons (Fsp3) is 0.714. The van der Waals surface area contributed by atoms with Crippen LogP contribution in [0, 0.1) is 0 Å². The largest absolute Gasteiger partial charge is 0.377 e. The van der Waals surface area contributed by atoms with Crippen molar-refractivity contribution in [1.82, 2.24) is 9.62 Å². The summed E-state index contributed by atoms with van der Waals surface area (Å²) in [6, 6.07) is 2.17. The molecule has 1 N–H and O–H groups in total. The van der Waals surface area contributed by atoms with Crippen molar-refractivity contribution < 1.29 is 13.2 Å². The van der Waals surface area contributed by atoms with Crippen molar-refractivity contribution in [2.45, 2.75) is 50.1 Å². The summed E-state index contributed by atoms with van der Waals surface area (Å²) >= 11 is 1.30. The van der Waals surface area contributed by atoms with E-state index in [0.29, 0.717) is 36.5 Å². The molecular weight excluding hydrogens is 308 g/mol. The number of ether oxygens (including phenoxy) is 1. The highest BCUT2D eigenvalue weighted by Gasteiger charge is 2.29. The molecule has 1 unspecified atom stereocenters. The second-order valence-electron chi connectivity index (χ2n) is 5.71. The second-order valence-corrected chi connectivity index (χ2v) is 8.78. The number of rotatable bonds is 5. The quantitative estimate of drug-likeness (QED) is 0.896. The maximum atomic E-state index is 12.7. The van der Waals surface area contributed by atoms with Crippen molar-refractivity contribution in [2.75, 3.05) is 19.7 Å². The maximum absolute atomic E-state index is 12.7. The van der Waals surface area contributed by atoms with Gasteiger partial charge in [-0.05, 0) is 30.4 Å². The zero-order valence-electron chi connectivity index (χ0n) is 12.8. The average Bonchev–Trinajstić information content (AvgIpc) is 2.79. The molecule has 0 radical (unpaired) electrons. The van der Waals surface area contributed by atoms with Crippen molar-refractivity contribution in [2.24, 2.45) is 0 Å². The van der Waals surface area contributed by atoms with Gasteiger partial charge < -0.3 is 10.1 Å². The fourth-order valence-corrected chi connectivity index (χ4v) is 5.12. The Morgan fingerprint density at radius 2 is 2.29 bits per heavy atom. The van der Waals surface area contributed by atoms with Gasteiger partial charge in [0.25, 0.3) is 10.0 Å². The van der Waals surface area contributed by atoms with Crippen LogP contribution in [0.1, 0.15) is 32.8 Å². The minimum atomic E-state index is -3.39. The summed E-state index contributed by atoms with van der Waals surface area (Å²) in [7, 11) is -3.39. The average molecular weight is 332 g/mol. The van der Waals surface area contributed by atoms with E-state index in [4.69, 9.17) is 4.74 Å². The highest BCUT2D eigenvalue weighted by Crippen LogP contribution is 2.25. The Balaban J connectivity index is 2.11. The zero-order valence-corrected chi connectivity index (χ0v) is 14.5. The van der Waals surface area contributed by atoms with Gasteiger partial charge in [0.05, 0.1) is 6.10 Å². The highest BCUT2D eigenvalue weighted by atomic mass is 32.2. The van der Waals surface area contributed by atoms with Crippen LogP contribution in [0.3, 0.4) is 0 Å². The molecule has 1 aromatic rings. The lowest BCUT2D eigenvalue weighted by Crippen LogP contribution is -2.35. The number of hydrogen-bond donors (Lipinski definition) is 1. The first-order chi connectivity index (χ1) is 9.89. The van der Waals surface area contributed by atoms with Crippen LogP contribution in [-0.2, 0) is 21.3 Å². The molecule has 0 saturated carbocycles. The maximum Gasteiger partial charge on any atom is 0.252 e. The van der Waals surface area contributed by atoms with Crippen molar-refractivity contribution in [3.05, 3.63) is 17.0 Å². The smallest absolute Gasteiger partial charge is 0.252 e. The molecule has 1 aliphatic heterocycles. The van der Waals surface area contributed by atoms with Gasteiger partial charge in [-0.3, -0.25) is 0 Å². The molecule has 1 saturated heterocycles. The molecular formula is C14H24N2O3S2. The summed E-state index contributed by atoms with van der Waals surface area (Å²) in [6.07, 6.45) is 0.695. The molecule has 0 bridgehead atoms. The Morgan fingerprint density at radius 3 is 3.00 bits per heavy atom. The molecule has 7 heteroatoms. The summed E-state index contributed by atoms with van der Waals surface area (Å²) in [5.74, 6) is 0. The van der Waals surface area contributed by atoms with Crippen LogP contribution in [0.2, 0.25) is 0 Å². The Morgan fingerprint density at radius 1 is 1.52 bits per heavy atom. The van der Waals surface area contributed by atoms with Crippen LogP contribution in [0.25, 0.3) is 0 Å². The van der Waals surface area contributed by atoms with Gasteiger partial charge in [-0.1, -0.05) is 13.8 Å². The van der Waals surface area contributed by atoms with Gasteiger partial charge in [0, 0.05) is 32.3 Å². The van der Waals surface area contributed by atoms with Crippen LogP contribution in [-0.4, -0.2) is 44.6 Å². The van der Waals surface area contributed by atoms with Crippen molar-refractivity contribution >= 4 is 21.4 Å². The van der Waals surface area contributed by atoms with Gasteiger partial charge in [-0.15, -0.1) is 11.3 Å². The van der Waals surface area contributed by atoms with Crippen molar-refractivity contribution in [1.29, 1.82) is 0 Å². The molecule has 2 rings (SSSR count). The number of nitrogens with one attached hydrogen (secondary N) is 1. The molecule has 5 nitrogen and oxygen atoms in total. The van der Waals surface area contributed by atoms with Crippen LogP contribution < -0.4 is 5.32 Å². The predicted octanol–water partition coefficient (Wildman–Crippen LogP) is 2.05. The van der Waals surface area contributed by atoms with Gasteiger partial charge in [0.15, 0.2) is 0 Å². The van der Waals surface area contributed by atoms with E-state index in [9.17, 15) is 8.42 Å². The van der Waals surface area contributed by atoms with E-state index in [1.807, 2.05) is 12.3 Å². The summed E-state index contributed by atoms with van der Waals surface area (Å²) in [5, 5.41) is 5.22. The molecule has 120 valence electrons. The molecule has 0 aliphatic carbocycles. The monoisotopic (exact) mass is 332 g/mol. The molecule has 0 amide bonds. The van der Waals surface area contributed by atoms with E-state index >= 15 is 0 Å². The summed E-state index contributed by atoms with van der Waals surface area (Å²) in [6.45, 7) is 8.35. The van der Waals surface area contributed by atoms with E-state index in [0.717, 1.165) is 12.0 Å². The van der Waals surface area contributed by atoms with Gasteiger partial charge in [-0.2, -0.15) is 4.31 Å². The SMILES string of the molecule is CC(C)NCc1csc(S(=O)(=O)N2CCCOC(C)C2)c1. The molecule has 1 aromatic heterocycles. The number of thiophene rings is 1. The molecule has 1 aliphatic rings. The summed E-state index contributed by atoms with van der Waals surface area (Å²) < 4.78 is 32.9. The lowest BCUT2D eigenvalue weighted by molar-refractivity contribution is 0.0752. The molecule has 0 aromatic carbocycles. The lowest BCUT2D eigenvalue weighted by atomic mass is 10.3. The van der Waals surface area contributed by atoms with E-state index in [1.54, 1.807) is 10.4 Å². The van der Waals surface area contributed by atoms with Gasteiger partial charge in [-0.25, -0.2) is 8.42 Å². The lowest BCUT2D eigenvalue weighted by Gasteiger charge is -2.20. The number of sulfonamides is 1. The van der Waals surface area contributed by atoms with Crippen LogP contribution in [0.15, 0.2) is 15.7 Å². The Bertz CT molecular complexity index is 554. The Labute approximate surface area is 131 Å². The van der Waals surface area contributed by atoms with Crippen LogP contribution in [0.4, 0.5) is 0 Å². The molecule has 1 fully saturated rings. The third-order valence-corrected chi connectivity index (χ3v) is 6.68. The molecule has 21 heavy (non-hydrogen) atoms. The van der Waals surface area contributed by atoms with Crippen molar-refractivity contribution in [3.8, 4) is 0 Å². The summed E-state index contributed by atoms with van der Waals surface area (Å²) in [4.78, 5) is 0. The van der Waals surface area contributed by atoms with E-state index in [-0.39, 0.29) is 6.10 Å². The minimum absolute atomic E-state index is 0.0516. The van der Waals surface area contributed by atoms with Gasteiger partial charge >= 0.3 is 0 Å². The molecule has 0 spiro atoms. The van der Waals surface area contributed by atoms with Crippen LogP contribution >= 0.6 is 11.3 Å². The summed E-state index contributed by atoms with van der Waals surface area (Å²) in [5.41, 5.74) is 1.02. The normalized spacial score (nSPS) is 21.6. The fourth-order valence-electron chi connectivity index (χ4n) is 2.20. The second kappa shape index (κ2) is 7.19. The Kier molecular flexibility index (Phi) is 5.79. The first kappa shape index (κ1) is 16.9. The van der Waals surface area contributed by atoms with Crippen molar-refractivity contribution in [3.63, 3.8) is 0 Å². The molecule has 2 heterocycles. The third-order valence-electron chi connectivity index (χ3n) is 3.35. The van der Waals surface area contributed by atoms with Gasteiger partial charge in [0.1, 0.15) is 4.21 Å². The Hall–Kier alpha value is -0.470. The zero-order chi connectivity index (χ0) is 15.5. The minimum Gasteiger partial charge on any atom is -0.377 e. The first-order valence-corrected chi connectivity index (χ1v) is 9.64. The molecule has 1 atom stereocenters. The van der Waals surface area contributed by atoms with E-state index in [2.05, 4.69) is 19.2 Å². The van der Waals surface area contributed by atoms with Gasteiger partial charge in [0.2, 0.25) is 0 Å². The highest BCUT2D eigenvalue weighted by molar-refractivity contribution is 7.91. The predicted molar refractivity (Wildman–Crippen MR) is 85.1 cm³/mol. The number of hydrogen-bond acceptors (Lipinski definition) is 5. The first-order valence-electron chi connectivity index (χ1n) is 7.32. The number of nitrogens with zero attached hydrogens (tertiary/aromatic N) is 1. The topological polar surface area (TPSA) is 58.6 Å². The van der Waals surface area contributed by atoms with Crippen LogP contribution in [0.5, 0.6) is 0 Å². The van der Waals surface area contributed by atoms with E-state index in [1.165, 1.54) is 11.3 Å². The third kappa shape index (κ3) is 4.50. The van der Waals surface area contributed by atoms with E-state index < -0.39 is 10.0 Å².